The molecule has 4 amide bonds. The van der Waals surface area contributed by atoms with Crippen LogP contribution in [0, 0.1) is 23.2 Å². The van der Waals surface area contributed by atoms with Crippen LogP contribution in [-0.4, -0.2) is 47.1 Å². The second-order valence-electron chi connectivity index (χ2n) is 13.2. The van der Waals surface area contributed by atoms with Gasteiger partial charge in [-0.3, -0.25) is 29.4 Å². The smallest absolute Gasteiger partial charge is 0.338 e. The van der Waals surface area contributed by atoms with Crippen LogP contribution in [0.3, 0.4) is 0 Å². The summed E-state index contributed by atoms with van der Waals surface area (Å²) in [6.45, 7) is 0.488. The van der Waals surface area contributed by atoms with Gasteiger partial charge in [-0.1, -0.05) is 6.07 Å². The minimum absolute atomic E-state index is 0.0820. The van der Waals surface area contributed by atoms with Crippen molar-refractivity contribution in [1.29, 1.82) is 0 Å². The van der Waals surface area contributed by atoms with Gasteiger partial charge in [0.2, 0.25) is 11.8 Å². The Kier molecular flexibility index (Phi) is 6.71. The number of rotatable bonds is 8. The van der Waals surface area contributed by atoms with Crippen LogP contribution < -0.4 is 5.32 Å². The zero-order chi connectivity index (χ0) is 30.2. The first-order valence-electron chi connectivity index (χ1n) is 15.4. The molecule has 4 bridgehead atoms. The lowest BCUT2D eigenvalue weighted by Crippen LogP contribution is -2.54. The zero-order valence-electron chi connectivity index (χ0n) is 24.1. The molecule has 8 nitrogen and oxygen atoms in total. The summed E-state index contributed by atoms with van der Waals surface area (Å²) in [6, 6.07) is 11.9. The Balaban J connectivity index is 0.925. The van der Waals surface area contributed by atoms with Gasteiger partial charge in [-0.25, -0.2) is 4.79 Å². The number of imide groups is 2. The zero-order valence-corrected chi connectivity index (χ0v) is 25.8. The fourth-order valence-corrected chi connectivity index (χ4v) is 11.0. The number of fused-ring (bicyclic) bond motifs is 2. The van der Waals surface area contributed by atoms with Gasteiger partial charge < -0.3 is 4.74 Å². The molecule has 44 heavy (non-hydrogen) atoms. The second-order valence-corrected chi connectivity index (χ2v) is 15.4. The van der Waals surface area contributed by atoms with E-state index in [-0.39, 0.29) is 24.4 Å². The first-order chi connectivity index (χ1) is 21.3. The molecule has 5 fully saturated rings. The number of hydrogen-bond acceptors (Lipinski definition) is 8. The molecular formula is C34H32N2O6S2. The van der Waals surface area contributed by atoms with Crippen molar-refractivity contribution in [3.63, 3.8) is 0 Å². The van der Waals surface area contributed by atoms with Crippen molar-refractivity contribution in [2.75, 3.05) is 6.61 Å². The molecule has 2 aromatic carbocycles. The molecule has 4 saturated carbocycles. The maximum atomic E-state index is 13.4. The molecule has 6 aliphatic rings. The molecule has 1 aromatic heterocycles. The van der Waals surface area contributed by atoms with E-state index < -0.39 is 29.7 Å². The molecule has 3 unspecified atom stereocenters. The predicted molar refractivity (Wildman–Crippen MR) is 165 cm³/mol. The van der Waals surface area contributed by atoms with E-state index >= 15 is 0 Å². The van der Waals surface area contributed by atoms with Crippen molar-refractivity contribution in [2.24, 2.45) is 23.2 Å². The number of nitrogens with one attached hydrogen (secondary N) is 1. The first kappa shape index (κ1) is 28.0. The third-order valence-corrected chi connectivity index (χ3v) is 13.0. The highest BCUT2D eigenvalue weighted by Gasteiger charge is 2.57. The molecule has 1 N–H and O–H groups in total. The van der Waals surface area contributed by atoms with Crippen molar-refractivity contribution in [3.8, 4) is 0 Å². The van der Waals surface area contributed by atoms with Crippen LogP contribution in [0.4, 0.5) is 0 Å². The van der Waals surface area contributed by atoms with E-state index in [4.69, 9.17) is 4.74 Å². The number of nitrogens with zero attached hydrogens (tertiary/aromatic N) is 1. The van der Waals surface area contributed by atoms with Gasteiger partial charge in [-0.15, -0.1) is 23.1 Å². The average molecular weight is 629 g/mol. The van der Waals surface area contributed by atoms with Crippen LogP contribution >= 0.6 is 23.1 Å². The van der Waals surface area contributed by atoms with Crippen LogP contribution in [0.15, 0.2) is 47.4 Å². The fourth-order valence-electron chi connectivity index (χ4n) is 8.85. The van der Waals surface area contributed by atoms with Crippen molar-refractivity contribution in [3.05, 3.63) is 64.0 Å². The largest absolute Gasteiger partial charge is 0.462 e. The Morgan fingerprint density at radius 1 is 1.02 bits per heavy atom. The van der Waals surface area contributed by atoms with E-state index in [9.17, 15) is 24.0 Å². The highest BCUT2D eigenvalue weighted by atomic mass is 32.2. The number of thiophene rings is 1. The van der Waals surface area contributed by atoms with Gasteiger partial charge in [-0.05, 0) is 110 Å². The van der Waals surface area contributed by atoms with E-state index in [2.05, 4.69) is 11.4 Å². The second kappa shape index (κ2) is 10.5. The fraction of sp³-hybridized carbons (Fsp3) is 0.441. The van der Waals surface area contributed by atoms with Gasteiger partial charge in [0.05, 0.1) is 23.3 Å². The van der Waals surface area contributed by atoms with Gasteiger partial charge in [0.25, 0.3) is 11.8 Å². The summed E-state index contributed by atoms with van der Waals surface area (Å²) < 4.78 is 6.84. The summed E-state index contributed by atoms with van der Waals surface area (Å²) in [5.41, 5.74) is 1.55. The molecule has 0 radical (unpaired) electrons. The van der Waals surface area contributed by atoms with Crippen molar-refractivity contribution in [1.82, 2.24) is 10.2 Å². The van der Waals surface area contributed by atoms with Crippen LogP contribution in [0.25, 0.3) is 10.1 Å². The molecule has 3 heterocycles. The number of esters is 1. The maximum Gasteiger partial charge on any atom is 0.338 e. The summed E-state index contributed by atoms with van der Waals surface area (Å²) in [4.78, 5) is 66.3. The molecule has 0 spiro atoms. The molecule has 2 aliphatic heterocycles. The number of thioether (sulfide) groups is 1. The summed E-state index contributed by atoms with van der Waals surface area (Å²) >= 11 is 3.08. The monoisotopic (exact) mass is 628 g/mol. The summed E-state index contributed by atoms with van der Waals surface area (Å²) in [6.07, 6.45) is 8.00. The molecular weight excluding hydrogens is 597 g/mol. The van der Waals surface area contributed by atoms with E-state index in [1.807, 2.05) is 24.3 Å². The first-order valence-corrected chi connectivity index (χ1v) is 17.3. The van der Waals surface area contributed by atoms with E-state index in [0.717, 1.165) is 44.0 Å². The molecule has 226 valence electrons. The number of hydrogen-bond donors (Lipinski definition) is 1. The topological polar surface area (TPSA) is 110 Å². The van der Waals surface area contributed by atoms with Gasteiger partial charge in [0.15, 0.2) is 0 Å². The normalized spacial score (nSPS) is 28.7. The van der Waals surface area contributed by atoms with Crippen LogP contribution in [-0.2, 0) is 20.1 Å². The Morgan fingerprint density at radius 3 is 2.64 bits per heavy atom. The lowest BCUT2D eigenvalue weighted by Gasteiger charge is -2.32. The minimum Gasteiger partial charge on any atom is -0.462 e. The van der Waals surface area contributed by atoms with Crippen molar-refractivity contribution >= 4 is 62.8 Å². The van der Waals surface area contributed by atoms with E-state index in [1.54, 1.807) is 23.5 Å². The molecule has 9 rings (SSSR count). The van der Waals surface area contributed by atoms with Gasteiger partial charge >= 0.3 is 5.97 Å². The SMILES string of the molecule is O=C1CCC(N2C(=O)c3cccc(SCc4cc5cc(C(=O)OCCC67CC8CC(CC6C8)C7)ccc5s4)c3C2=O)C(=O)N1. The Bertz CT molecular complexity index is 1750. The van der Waals surface area contributed by atoms with Crippen molar-refractivity contribution in [2.45, 2.75) is 68.1 Å². The van der Waals surface area contributed by atoms with Crippen LogP contribution in [0.2, 0.25) is 0 Å². The number of amides is 4. The lowest BCUT2D eigenvalue weighted by atomic mass is 9.74. The van der Waals surface area contributed by atoms with Crippen LogP contribution in [0.1, 0.15) is 87.3 Å². The Hall–Kier alpha value is -3.50. The number of piperidine rings is 1. The number of benzene rings is 2. The number of carbonyl (C=O) groups excluding carboxylic acids is 5. The Labute approximate surface area is 262 Å². The molecule has 10 heteroatoms. The molecule has 1 saturated heterocycles. The van der Waals surface area contributed by atoms with Gasteiger partial charge in [0.1, 0.15) is 6.04 Å². The Morgan fingerprint density at radius 2 is 1.84 bits per heavy atom. The standard InChI is InChI=1S/C34H32N2O6S2/c37-28-7-5-25(30(38)35-28)36-31(39)24-2-1-3-27(29(24)32(36)40)43-17-23-14-21-13-20(4-6-26(21)44-23)33(41)42-9-8-34-15-18-10-19(16-34)12-22(34)11-18/h1-4,6,13-14,18-19,22,25H,5,7-12,15-17H2,(H,35,37,38). The van der Waals surface area contributed by atoms with Crippen LogP contribution in [0.5, 0.6) is 0 Å². The van der Waals surface area contributed by atoms with E-state index in [0.29, 0.717) is 33.8 Å². The summed E-state index contributed by atoms with van der Waals surface area (Å²) in [5, 5.41) is 3.21. The molecule has 3 atom stereocenters. The molecule has 3 aromatic rings. The third-order valence-electron chi connectivity index (χ3n) is 10.6. The van der Waals surface area contributed by atoms with Gasteiger partial charge in [-0.2, -0.15) is 0 Å². The highest BCUT2D eigenvalue weighted by Crippen LogP contribution is 2.66. The summed E-state index contributed by atoms with van der Waals surface area (Å²) in [5.74, 6) is 0.899. The lowest BCUT2D eigenvalue weighted by molar-refractivity contribution is -0.136. The van der Waals surface area contributed by atoms with E-state index in [1.165, 1.54) is 43.9 Å². The van der Waals surface area contributed by atoms with Gasteiger partial charge in [0, 0.05) is 26.6 Å². The minimum atomic E-state index is -0.992. The average Bonchev–Trinajstić information content (AvgIpc) is 3.67. The summed E-state index contributed by atoms with van der Waals surface area (Å²) in [7, 11) is 0. The predicted octanol–water partition coefficient (Wildman–Crippen LogP) is 5.97. The highest BCUT2D eigenvalue weighted by molar-refractivity contribution is 7.98. The molecule has 4 aliphatic carbocycles. The number of carbonyl (C=O) groups is 5. The number of ether oxygens (including phenoxy) is 1. The van der Waals surface area contributed by atoms with Crippen molar-refractivity contribution < 1.29 is 28.7 Å². The third kappa shape index (κ3) is 4.60. The quantitative estimate of drug-likeness (QED) is 0.186. The maximum absolute atomic E-state index is 13.4.